The zero-order valence-electron chi connectivity index (χ0n) is 14.8. The van der Waals surface area contributed by atoms with Crippen molar-refractivity contribution in [1.82, 2.24) is 4.90 Å². The molecule has 1 unspecified atom stereocenters. The average molecular weight is 380 g/mol. The monoisotopic (exact) mass is 380 g/mol. The first-order chi connectivity index (χ1) is 10.0. The second kappa shape index (κ2) is 9.37. The summed E-state index contributed by atoms with van der Waals surface area (Å²) in [6.45, 7) is 14.6. The Kier molecular flexibility index (Phi) is 8.55. The number of para-hydroxylation sites is 1. The molecule has 0 bridgehead atoms. The molecule has 0 aliphatic carbocycles. The van der Waals surface area contributed by atoms with Crippen molar-refractivity contribution in [2.45, 2.75) is 27.2 Å². The minimum Gasteiger partial charge on any atom is -0.487 e. The molecule has 1 aliphatic heterocycles. The van der Waals surface area contributed by atoms with Gasteiger partial charge in [0.15, 0.2) is 0 Å². The Balaban J connectivity index is 0.00000242. The van der Waals surface area contributed by atoms with Gasteiger partial charge in [-0.1, -0.05) is 25.1 Å². The van der Waals surface area contributed by atoms with Gasteiger partial charge in [-0.3, -0.25) is 4.90 Å². The third kappa shape index (κ3) is 5.60. The molecule has 0 N–H and O–H groups in total. The Hall–Kier alpha value is 0.0439. The van der Waals surface area contributed by atoms with Crippen molar-refractivity contribution in [2.75, 3.05) is 52.9 Å². The summed E-state index contributed by atoms with van der Waals surface area (Å²) < 4.78 is 7.24. The van der Waals surface area contributed by atoms with Gasteiger partial charge >= 0.3 is 0 Å². The van der Waals surface area contributed by atoms with Crippen LogP contribution in [-0.2, 0) is 32.7 Å². The maximum Gasteiger partial charge on any atom is 0.137 e. The zero-order valence-corrected chi connectivity index (χ0v) is 17.6. The molecule has 0 spiro atoms. The number of benzene rings is 1. The molecule has 1 fully saturated rings. The number of hydrogen-bond acceptors (Lipinski definition) is 2. The number of nitrogens with zero attached hydrogens (tertiary/aromatic N) is 2. The first-order valence-electron chi connectivity index (χ1n) is 8.29. The molecular formula is C18H31N2OY+. The fourth-order valence-corrected chi connectivity index (χ4v) is 3.22. The van der Waals surface area contributed by atoms with Crippen molar-refractivity contribution >= 4 is 0 Å². The smallest absolute Gasteiger partial charge is 0.137 e. The van der Waals surface area contributed by atoms with Crippen LogP contribution in [0.2, 0.25) is 0 Å². The van der Waals surface area contributed by atoms with Crippen molar-refractivity contribution in [2.24, 2.45) is 0 Å². The van der Waals surface area contributed by atoms with Crippen LogP contribution >= 0.6 is 0 Å². The van der Waals surface area contributed by atoms with Crippen LogP contribution in [0, 0.1) is 13.8 Å². The van der Waals surface area contributed by atoms with E-state index in [-0.39, 0.29) is 32.7 Å². The number of hydrogen-bond donors (Lipinski definition) is 0. The van der Waals surface area contributed by atoms with Gasteiger partial charge < -0.3 is 9.22 Å². The standard InChI is InChI=1S/C18H31N2O.Y/c1-5-19-10-7-12-20(4,13-11-19)14-15-21-18-16(2)8-6-9-17(18)3;/h6,8-9H,5,7,10-15H2,1-4H3;/q+1;. The maximum atomic E-state index is 6.10. The third-order valence-electron chi connectivity index (χ3n) is 4.86. The van der Waals surface area contributed by atoms with Crippen LogP contribution in [0.1, 0.15) is 24.5 Å². The topological polar surface area (TPSA) is 12.5 Å². The molecular weight excluding hydrogens is 349 g/mol. The summed E-state index contributed by atoms with van der Waals surface area (Å²) in [7, 11) is 2.38. The predicted molar refractivity (Wildman–Crippen MR) is 88.9 cm³/mol. The molecule has 3 nitrogen and oxygen atoms in total. The van der Waals surface area contributed by atoms with Crippen molar-refractivity contribution in [3.05, 3.63) is 29.3 Å². The quantitative estimate of drug-likeness (QED) is 0.729. The van der Waals surface area contributed by atoms with Crippen LogP contribution in [0.25, 0.3) is 0 Å². The molecule has 1 aliphatic rings. The Morgan fingerprint density at radius 3 is 2.45 bits per heavy atom. The molecule has 121 valence electrons. The van der Waals surface area contributed by atoms with Crippen LogP contribution in [0.3, 0.4) is 0 Å². The maximum absolute atomic E-state index is 6.10. The summed E-state index contributed by atoms with van der Waals surface area (Å²) >= 11 is 0. The number of aryl methyl sites for hydroxylation is 2. The average Bonchev–Trinajstić information content (AvgIpc) is 2.64. The number of ether oxygens (including phenoxy) is 1. The van der Waals surface area contributed by atoms with E-state index < -0.39 is 0 Å². The molecule has 0 amide bonds. The predicted octanol–water partition coefficient (Wildman–Crippen LogP) is 2.85. The number of quaternary nitrogens is 1. The van der Waals surface area contributed by atoms with E-state index in [1.807, 2.05) is 0 Å². The Bertz CT molecular complexity index is 446. The van der Waals surface area contributed by atoms with Gasteiger partial charge in [-0.25, -0.2) is 0 Å². The fraction of sp³-hybridized carbons (Fsp3) is 0.667. The van der Waals surface area contributed by atoms with Crippen molar-refractivity contribution in [1.29, 1.82) is 0 Å². The van der Waals surface area contributed by atoms with E-state index in [0.29, 0.717) is 0 Å². The minimum absolute atomic E-state index is 0. The summed E-state index contributed by atoms with van der Waals surface area (Å²) in [5.41, 5.74) is 2.48. The SMILES string of the molecule is CCN1CCC[N+](C)(CCOc2c(C)cccc2C)CC1.[Y]. The molecule has 0 aromatic heterocycles. The summed E-state index contributed by atoms with van der Waals surface area (Å²) in [6.07, 6.45) is 1.30. The summed E-state index contributed by atoms with van der Waals surface area (Å²) in [4.78, 5) is 2.57. The van der Waals surface area contributed by atoms with E-state index in [1.54, 1.807) is 0 Å². The first-order valence-corrected chi connectivity index (χ1v) is 8.29. The molecule has 4 heteroatoms. The molecule has 1 saturated heterocycles. The van der Waals surface area contributed by atoms with Gasteiger partial charge in [-0.15, -0.1) is 0 Å². The largest absolute Gasteiger partial charge is 0.487 e. The van der Waals surface area contributed by atoms with E-state index in [0.717, 1.165) is 23.4 Å². The van der Waals surface area contributed by atoms with Crippen LogP contribution in [0.15, 0.2) is 18.2 Å². The van der Waals surface area contributed by atoms with E-state index in [1.165, 1.54) is 50.3 Å². The Morgan fingerprint density at radius 1 is 1.14 bits per heavy atom. The summed E-state index contributed by atoms with van der Waals surface area (Å²) in [6, 6.07) is 6.35. The molecule has 22 heavy (non-hydrogen) atoms. The van der Waals surface area contributed by atoms with Crippen molar-refractivity contribution in [3.63, 3.8) is 0 Å². The van der Waals surface area contributed by atoms with Gasteiger partial charge in [-0.2, -0.15) is 0 Å². The van der Waals surface area contributed by atoms with Gasteiger partial charge in [0.1, 0.15) is 18.9 Å². The van der Waals surface area contributed by atoms with Gasteiger partial charge in [0.2, 0.25) is 0 Å². The van der Waals surface area contributed by atoms with Gasteiger partial charge in [0, 0.05) is 52.2 Å². The molecule has 1 radical (unpaired) electrons. The second-order valence-electron chi connectivity index (χ2n) is 6.65. The number of rotatable bonds is 5. The van der Waals surface area contributed by atoms with Crippen LogP contribution in [0.4, 0.5) is 0 Å². The van der Waals surface area contributed by atoms with Gasteiger partial charge in [-0.05, 0) is 31.5 Å². The molecule has 1 heterocycles. The second-order valence-corrected chi connectivity index (χ2v) is 6.65. The van der Waals surface area contributed by atoms with E-state index in [4.69, 9.17) is 4.74 Å². The van der Waals surface area contributed by atoms with E-state index >= 15 is 0 Å². The van der Waals surface area contributed by atoms with Crippen LogP contribution in [0.5, 0.6) is 5.75 Å². The van der Waals surface area contributed by atoms with Gasteiger partial charge in [0.05, 0.1) is 20.1 Å². The zero-order chi connectivity index (χ0) is 15.3. The third-order valence-corrected chi connectivity index (χ3v) is 4.86. The van der Waals surface area contributed by atoms with Crippen LogP contribution < -0.4 is 4.74 Å². The summed E-state index contributed by atoms with van der Waals surface area (Å²) in [5.74, 6) is 1.08. The molecule has 1 aromatic rings. The normalized spacial score (nSPS) is 22.7. The Morgan fingerprint density at radius 2 is 1.82 bits per heavy atom. The molecule has 0 saturated carbocycles. The first kappa shape index (κ1) is 20.1. The van der Waals surface area contributed by atoms with E-state index in [2.05, 4.69) is 50.9 Å². The summed E-state index contributed by atoms with van der Waals surface area (Å²) in [5, 5.41) is 0. The Labute approximate surface area is 161 Å². The van der Waals surface area contributed by atoms with Crippen molar-refractivity contribution in [3.8, 4) is 5.75 Å². The van der Waals surface area contributed by atoms with Gasteiger partial charge in [0.25, 0.3) is 0 Å². The van der Waals surface area contributed by atoms with E-state index in [9.17, 15) is 0 Å². The fourth-order valence-electron chi connectivity index (χ4n) is 3.22. The number of likely N-dealkylation sites (N-methyl/N-ethyl adjacent to an activating group) is 2. The van der Waals surface area contributed by atoms with Crippen molar-refractivity contribution < 1.29 is 41.9 Å². The van der Waals surface area contributed by atoms with Crippen LogP contribution in [-0.4, -0.2) is 62.3 Å². The minimum atomic E-state index is 0. The molecule has 1 aromatic carbocycles. The molecule has 2 rings (SSSR count). The molecule has 1 atom stereocenters.